The van der Waals surface area contributed by atoms with Gasteiger partial charge in [-0.25, -0.2) is 24.1 Å². The molecule has 0 aliphatic rings. The molecule has 0 aliphatic heterocycles. The summed E-state index contributed by atoms with van der Waals surface area (Å²) in [7, 11) is 0. The van der Waals surface area contributed by atoms with Crippen molar-refractivity contribution < 1.29 is 14.3 Å². The molecular weight excluding hydrogens is 253 g/mol. The number of anilines is 1. The van der Waals surface area contributed by atoms with Crippen LogP contribution in [0.25, 0.3) is 0 Å². The number of nitrogens with zero attached hydrogens (tertiary/aromatic N) is 4. The Kier molecular flexibility index (Phi) is 3.69. The summed E-state index contributed by atoms with van der Waals surface area (Å²) < 4.78 is 15.2. The van der Waals surface area contributed by atoms with Gasteiger partial charge in [0.25, 0.3) is 0 Å². The lowest BCUT2D eigenvalue weighted by Crippen LogP contribution is -2.12. The smallest absolute Gasteiger partial charge is 0.356 e. The van der Waals surface area contributed by atoms with E-state index < -0.39 is 11.8 Å². The van der Waals surface area contributed by atoms with Crippen molar-refractivity contribution in [1.82, 2.24) is 19.5 Å². The number of carboxylic acids is 1. The molecule has 100 valence electrons. The van der Waals surface area contributed by atoms with Gasteiger partial charge in [-0.3, -0.25) is 0 Å². The third-order valence-electron chi connectivity index (χ3n) is 2.48. The van der Waals surface area contributed by atoms with Gasteiger partial charge in [0.1, 0.15) is 6.33 Å². The van der Waals surface area contributed by atoms with Crippen LogP contribution < -0.4 is 5.32 Å². The van der Waals surface area contributed by atoms with E-state index in [4.69, 9.17) is 5.11 Å². The number of aromatic carboxylic acids is 1. The number of halogens is 1. The molecule has 2 aromatic heterocycles. The maximum absolute atomic E-state index is 13.6. The highest BCUT2D eigenvalue weighted by Gasteiger charge is 2.08. The Morgan fingerprint density at radius 3 is 2.95 bits per heavy atom. The predicted octanol–water partition coefficient (Wildman–Crippen LogP) is 0.931. The molecule has 2 heterocycles. The molecule has 8 heteroatoms. The zero-order chi connectivity index (χ0) is 13.8. The van der Waals surface area contributed by atoms with Crippen LogP contribution in [0.1, 0.15) is 16.2 Å². The van der Waals surface area contributed by atoms with Gasteiger partial charge in [-0.15, -0.1) is 0 Å². The summed E-state index contributed by atoms with van der Waals surface area (Å²) in [4.78, 5) is 21.9. The molecule has 2 N–H and O–H groups in total. The normalized spacial score (nSPS) is 10.4. The second-order valence-corrected chi connectivity index (χ2v) is 3.85. The van der Waals surface area contributed by atoms with Crippen LogP contribution in [0.5, 0.6) is 0 Å². The van der Waals surface area contributed by atoms with Crippen LogP contribution in [0.4, 0.5) is 10.2 Å². The van der Waals surface area contributed by atoms with Gasteiger partial charge in [0.05, 0.1) is 12.0 Å². The first-order valence-corrected chi connectivity index (χ1v) is 5.54. The molecule has 0 atom stereocenters. The van der Waals surface area contributed by atoms with E-state index in [9.17, 15) is 9.18 Å². The third kappa shape index (κ3) is 3.03. The van der Waals surface area contributed by atoms with E-state index in [1.54, 1.807) is 11.5 Å². The predicted molar refractivity (Wildman–Crippen MR) is 64.4 cm³/mol. The van der Waals surface area contributed by atoms with Crippen LogP contribution in [0.2, 0.25) is 0 Å². The van der Waals surface area contributed by atoms with Gasteiger partial charge >= 0.3 is 5.97 Å². The highest BCUT2D eigenvalue weighted by atomic mass is 19.1. The van der Waals surface area contributed by atoms with Gasteiger partial charge in [-0.05, 0) is 6.92 Å². The van der Waals surface area contributed by atoms with E-state index in [2.05, 4.69) is 20.3 Å². The summed E-state index contributed by atoms with van der Waals surface area (Å²) in [5.41, 5.74) is 0.248. The topological polar surface area (TPSA) is 92.9 Å². The van der Waals surface area contributed by atoms with E-state index in [0.29, 0.717) is 13.1 Å². The van der Waals surface area contributed by atoms with Gasteiger partial charge in [-0.1, -0.05) is 0 Å². The van der Waals surface area contributed by atoms with Gasteiger partial charge in [-0.2, -0.15) is 0 Å². The Morgan fingerprint density at radius 2 is 2.26 bits per heavy atom. The molecule has 0 fully saturated rings. The maximum Gasteiger partial charge on any atom is 0.356 e. The number of imidazole rings is 1. The lowest BCUT2D eigenvalue weighted by Gasteiger charge is -2.07. The third-order valence-corrected chi connectivity index (χ3v) is 2.48. The monoisotopic (exact) mass is 265 g/mol. The second kappa shape index (κ2) is 5.42. The molecule has 0 spiro atoms. The molecule has 2 aromatic rings. The molecule has 19 heavy (non-hydrogen) atoms. The van der Waals surface area contributed by atoms with Crippen molar-refractivity contribution >= 4 is 11.8 Å². The van der Waals surface area contributed by atoms with Gasteiger partial charge in [0.2, 0.25) is 0 Å². The SMILES string of the molecule is Cc1ncnc(NCCn2cnc(C(=O)O)c2)c1F. The highest BCUT2D eigenvalue weighted by molar-refractivity contribution is 5.84. The second-order valence-electron chi connectivity index (χ2n) is 3.85. The molecule has 0 saturated heterocycles. The van der Waals surface area contributed by atoms with Crippen molar-refractivity contribution in [1.29, 1.82) is 0 Å². The van der Waals surface area contributed by atoms with E-state index in [1.165, 1.54) is 18.9 Å². The number of nitrogens with one attached hydrogen (secondary N) is 1. The fourth-order valence-electron chi connectivity index (χ4n) is 1.48. The number of rotatable bonds is 5. The zero-order valence-corrected chi connectivity index (χ0v) is 10.2. The minimum Gasteiger partial charge on any atom is -0.476 e. The van der Waals surface area contributed by atoms with Crippen LogP contribution in [0.15, 0.2) is 18.9 Å². The van der Waals surface area contributed by atoms with Crippen LogP contribution in [-0.2, 0) is 6.54 Å². The average Bonchev–Trinajstić information content (AvgIpc) is 2.83. The molecule has 0 saturated carbocycles. The van der Waals surface area contributed by atoms with Crippen molar-refractivity contribution in [3.05, 3.63) is 36.1 Å². The average molecular weight is 265 g/mol. The number of aryl methyl sites for hydroxylation is 1. The first-order valence-electron chi connectivity index (χ1n) is 5.54. The molecule has 0 amide bonds. The number of aromatic nitrogens is 4. The van der Waals surface area contributed by atoms with Gasteiger partial charge in [0, 0.05) is 19.3 Å². The molecule has 0 aliphatic carbocycles. The first-order chi connectivity index (χ1) is 9.08. The fraction of sp³-hybridized carbons (Fsp3) is 0.273. The van der Waals surface area contributed by atoms with E-state index in [-0.39, 0.29) is 17.2 Å². The van der Waals surface area contributed by atoms with Crippen molar-refractivity contribution in [2.75, 3.05) is 11.9 Å². The van der Waals surface area contributed by atoms with E-state index in [1.807, 2.05) is 0 Å². The summed E-state index contributed by atoms with van der Waals surface area (Å²) in [5, 5.41) is 11.5. The first kappa shape index (κ1) is 12.9. The number of hydrogen-bond donors (Lipinski definition) is 2. The molecule has 0 unspecified atom stereocenters. The van der Waals surface area contributed by atoms with Gasteiger partial charge in [0.15, 0.2) is 17.3 Å². The number of hydrogen-bond acceptors (Lipinski definition) is 5. The Morgan fingerprint density at radius 1 is 1.47 bits per heavy atom. The minimum atomic E-state index is -1.08. The summed E-state index contributed by atoms with van der Waals surface area (Å²) in [6.45, 7) is 2.39. The zero-order valence-electron chi connectivity index (χ0n) is 10.2. The minimum absolute atomic E-state index is 0.0240. The van der Waals surface area contributed by atoms with Crippen molar-refractivity contribution in [2.45, 2.75) is 13.5 Å². The Hall–Kier alpha value is -2.51. The van der Waals surface area contributed by atoms with Crippen LogP contribution in [-0.4, -0.2) is 37.1 Å². The maximum atomic E-state index is 13.6. The Balaban J connectivity index is 1.92. The molecule has 0 bridgehead atoms. The lowest BCUT2D eigenvalue weighted by molar-refractivity contribution is 0.0691. The molecule has 0 radical (unpaired) electrons. The van der Waals surface area contributed by atoms with Crippen molar-refractivity contribution in [3.63, 3.8) is 0 Å². The van der Waals surface area contributed by atoms with Gasteiger partial charge < -0.3 is 15.0 Å². The Labute approximate surface area is 108 Å². The highest BCUT2D eigenvalue weighted by Crippen LogP contribution is 2.11. The standard InChI is InChI=1S/C11H12FN5O2/c1-7-9(12)10(15-5-14-7)13-2-3-17-4-8(11(18)19)16-6-17/h4-6H,2-3H2,1H3,(H,18,19)(H,13,14,15). The summed E-state index contributed by atoms with van der Waals surface area (Å²) >= 11 is 0. The Bertz CT molecular complexity index is 599. The lowest BCUT2D eigenvalue weighted by atomic mass is 10.4. The number of carboxylic acid groups (broad SMARTS) is 1. The van der Waals surface area contributed by atoms with Crippen molar-refractivity contribution in [3.8, 4) is 0 Å². The van der Waals surface area contributed by atoms with Crippen LogP contribution in [0, 0.1) is 12.7 Å². The van der Waals surface area contributed by atoms with Crippen LogP contribution >= 0.6 is 0 Å². The molecular formula is C11H12FN5O2. The molecule has 0 aromatic carbocycles. The fourth-order valence-corrected chi connectivity index (χ4v) is 1.48. The van der Waals surface area contributed by atoms with Crippen LogP contribution in [0.3, 0.4) is 0 Å². The number of carbonyl (C=O) groups is 1. The summed E-state index contributed by atoms with van der Waals surface area (Å²) in [5.74, 6) is -1.44. The largest absolute Gasteiger partial charge is 0.476 e. The quantitative estimate of drug-likeness (QED) is 0.835. The van der Waals surface area contributed by atoms with Crippen molar-refractivity contribution in [2.24, 2.45) is 0 Å². The summed E-state index contributed by atoms with van der Waals surface area (Å²) in [6, 6.07) is 0. The van der Waals surface area contributed by atoms with E-state index in [0.717, 1.165) is 0 Å². The van der Waals surface area contributed by atoms with E-state index >= 15 is 0 Å². The summed E-state index contributed by atoms with van der Waals surface area (Å²) in [6.07, 6.45) is 4.10. The molecule has 2 rings (SSSR count). The molecule has 7 nitrogen and oxygen atoms in total.